The average Bonchev–Trinajstić information content (AvgIpc) is 3.44. The van der Waals surface area contributed by atoms with Crippen molar-refractivity contribution in [3.05, 3.63) is 107 Å². The fourth-order valence-corrected chi connectivity index (χ4v) is 12.7. The summed E-state index contributed by atoms with van der Waals surface area (Å²) < 4.78 is 3.20. The summed E-state index contributed by atoms with van der Waals surface area (Å²) >= 11 is 1.33. The number of hydrogen-bond acceptors (Lipinski definition) is 0. The molecular weight excluding hydrogens is 706 g/mol. The van der Waals surface area contributed by atoms with Gasteiger partial charge in [-0.2, -0.15) is 11.1 Å². The molecule has 2 aromatic carbocycles. The molecule has 0 heterocycles. The molecule has 0 aliphatic heterocycles. The zero-order chi connectivity index (χ0) is 25.4. The van der Waals surface area contributed by atoms with Crippen LogP contribution in [0.4, 0.5) is 0 Å². The summed E-state index contributed by atoms with van der Waals surface area (Å²) in [4.78, 5) is 0. The molecule has 0 radical (unpaired) electrons. The second-order valence-corrected chi connectivity index (χ2v) is 24.3. The second kappa shape index (κ2) is 16.4. The van der Waals surface area contributed by atoms with Crippen LogP contribution >= 0.6 is 0 Å². The number of halogens is 2. The van der Waals surface area contributed by atoms with E-state index >= 15 is 0 Å². The Morgan fingerprint density at radius 2 is 0.917 bits per heavy atom. The monoisotopic (exact) mass is 748 g/mol. The molecule has 0 saturated carbocycles. The van der Waals surface area contributed by atoms with Crippen molar-refractivity contribution in [2.24, 2.45) is 10.8 Å². The standard InChI is InChI=1S/C12H10Ge.2C10H15.2ClH.Hf/c1-3-7-11(8-4-1)13-12-9-5-2-6-10-12;2*1-8-5-6-9(7-8)10(2,3)4;;;/h1-10H;2*7H,6H2,1-4H3;2*1H;/q;2*-1;;;+2/p-2. The Kier molecular flexibility index (Phi) is 16.1. The normalized spacial score (nSPS) is 14.3. The van der Waals surface area contributed by atoms with Crippen LogP contribution in [0.25, 0.3) is 0 Å². The predicted molar refractivity (Wildman–Crippen MR) is 147 cm³/mol. The first-order valence-corrected chi connectivity index (χ1v) is 24.6. The van der Waals surface area contributed by atoms with Gasteiger partial charge < -0.3 is 24.8 Å². The fraction of sp³-hybridized carbons (Fsp3) is 0.375. The molecular formula is C32H40Cl2GeHf-2. The van der Waals surface area contributed by atoms with Crippen LogP contribution in [0.5, 0.6) is 0 Å². The van der Waals surface area contributed by atoms with Crippen LogP contribution in [-0.2, 0) is 21.3 Å². The molecule has 0 amide bonds. The van der Waals surface area contributed by atoms with E-state index in [4.69, 9.17) is 0 Å². The zero-order valence-electron chi connectivity index (χ0n) is 23.1. The van der Waals surface area contributed by atoms with E-state index in [1.165, 1.54) is 43.6 Å². The molecule has 36 heavy (non-hydrogen) atoms. The second-order valence-electron chi connectivity index (χ2n) is 11.0. The van der Waals surface area contributed by atoms with Gasteiger partial charge in [0.05, 0.1) is 0 Å². The van der Waals surface area contributed by atoms with Crippen molar-refractivity contribution in [1.29, 1.82) is 0 Å². The summed E-state index contributed by atoms with van der Waals surface area (Å²) in [5, 5.41) is 0. The third-order valence-corrected chi connectivity index (χ3v) is 20.5. The average molecular weight is 747 g/mol. The molecule has 0 aromatic heterocycles. The minimum absolute atomic E-state index is 0. The number of rotatable bonds is 2. The Bertz CT molecular complexity index is 993. The molecule has 0 unspecified atom stereocenters. The van der Waals surface area contributed by atoms with Crippen molar-refractivity contribution >= 4 is 18.8 Å². The van der Waals surface area contributed by atoms with E-state index < -0.39 is 10.1 Å². The third kappa shape index (κ3) is 12.3. The minimum atomic E-state index is -1.06. The summed E-state index contributed by atoms with van der Waals surface area (Å²) in [5.41, 5.74) is 6.28. The maximum atomic E-state index is 3.30. The van der Waals surface area contributed by atoms with Crippen LogP contribution in [0.1, 0.15) is 68.2 Å². The number of hydrogen-bond donors (Lipinski definition) is 0. The van der Waals surface area contributed by atoms with Crippen LogP contribution in [0, 0.1) is 23.0 Å². The SMILES string of the molecule is CC1=[C-]CC(C(C)(C)C)=C1.CC1=[C-]CC(C(C)(C)C)=C1.[Cl-].[Cl-].[Hf+2]=[Ge]([c]1ccccc1)[c]1ccccc1. The molecule has 4 rings (SSSR count). The van der Waals surface area contributed by atoms with Crippen molar-refractivity contribution in [2.45, 2.75) is 68.2 Å². The van der Waals surface area contributed by atoms with Gasteiger partial charge in [-0.15, -0.1) is 12.8 Å². The third-order valence-electron chi connectivity index (χ3n) is 5.95. The van der Waals surface area contributed by atoms with Gasteiger partial charge in [-0.05, 0) is 10.8 Å². The topological polar surface area (TPSA) is 0 Å². The van der Waals surface area contributed by atoms with Gasteiger partial charge >= 0.3 is 101 Å². The van der Waals surface area contributed by atoms with Gasteiger partial charge in [0.2, 0.25) is 0 Å². The summed E-state index contributed by atoms with van der Waals surface area (Å²) in [5.74, 6) is 0. The zero-order valence-corrected chi connectivity index (χ0v) is 30.3. The molecule has 0 N–H and O–H groups in total. The molecule has 2 aromatic rings. The molecule has 2 aliphatic rings. The Morgan fingerprint density at radius 1 is 0.611 bits per heavy atom. The molecule has 0 fully saturated rings. The summed E-state index contributed by atoms with van der Waals surface area (Å²) in [6.45, 7) is 17.7. The first kappa shape index (κ1) is 35.4. The van der Waals surface area contributed by atoms with Crippen molar-refractivity contribution in [3.8, 4) is 0 Å². The fourth-order valence-electron chi connectivity index (χ4n) is 3.54. The number of allylic oxidation sites excluding steroid dienone is 8. The molecule has 192 valence electrons. The summed E-state index contributed by atoms with van der Waals surface area (Å²) in [7, 11) is -1.06. The van der Waals surface area contributed by atoms with E-state index in [0.29, 0.717) is 10.8 Å². The van der Waals surface area contributed by atoms with E-state index in [1.54, 1.807) is 8.79 Å². The molecule has 0 spiro atoms. The Balaban J connectivity index is 0.000000508. The van der Waals surface area contributed by atoms with E-state index in [-0.39, 0.29) is 24.8 Å². The molecule has 4 heteroatoms. The van der Waals surface area contributed by atoms with Gasteiger partial charge in [0.15, 0.2) is 0 Å². The molecule has 2 aliphatic carbocycles. The van der Waals surface area contributed by atoms with E-state index in [9.17, 15) is 0 Å². The maximum absolute atomic E-state index is 3.30. The molecule has 0 bridgehead atoms. The van der Waals surface area contributed by atoms with Crippen LogP contribution in [0.2, 0.25) is 0 Å². The van der Waals surface area contributed by atoms with E-state index in [0.717, 1.165) is 12.8 Å². The first-order valence-electron chi connectivity index (χ1n) is 12.1. The first-order chi connectivity index (χ1) is 15.9. The Labute approximate surface area is 249 Å². The van der Waals surface area contributed by atoms with Crippen molar-refractivity contribution in [3.63, 3.8) is 0 Å². The van der Waals surface area contributed by atoms with Crippen LogP contribution in [0.3, 0.4) is 0 Å². The van der Waals surface area contributed by atoms with Gasteiger partial charge in [-0.1, -0.05) is 55.4 Å². The van der Waals surface area contributed by atoms with Gasteiger partial charge in [0.25, 0.3) is 0 Å². The van der Waals surface area contributed by atoms with Crippen molar-refractivity contribution < 1.29 is 46.1 Å². The van der Waals surface area contributed by atoms with Crippen LogP contribution in [0.15, 0.2) is 95.1 Å². The number of benzene rings is 2. The van der Waals surface area contributed by atoms with Gasteiger partial charge in [-0.25, -0.2) is 23.3 Å². The van der Waals surface area contributed by atoms with Crippen LogP contribution < -0.4 is 33.6 Å². The molecule has 0 nitrogen and oxygen atoms in total. The van der Waals surface area contributed by atoms with Gasteiger partial charge in [0.1, 0.15) is 0 Å². The Morgan fingerprint density at radius 3 is 1.11 bits per heavy atom. The predicted octanol–water partition coefficient (Wildman–Crippen LogP) is 1.57. The van der Waals surface area contributed by atoms with Crippen molar-refractivity contribution in [2.75, 3.05) is 0 Å². The van der Waals surface area contributed by atoms with Gasteiger partial charge in [0, 0.05) is 0 Å². The summed E-state index contributed by atoms with van der Waals surface area (Å²) in [6, 6.07) is 22.0. The molecule has 0 saturated heterocycles. The summed E-state index contributed by atoms with van der Waals surface area (Å²) in [6.07, 6.45) is 13.2. The van der Waals surface area contributed by atoms with E-state index in [2.05, 4.69) is 140 Å². The van der Waals surface area contributed by atoms with Crippen molar-refractivity contribution in [1.82, 2.24) is 0 Å². The Hall–Kier alpha value is -0.607. The van der Waals surface area contributed by atoms with Gasteiger partial charge in [-0.3, -0.25) is 12.2 Å². The molecule has 0 atom stereocenters. The van der Waals surface area contributed by atoms with E-state index in [1.807, 2.05) is 0 Å². The van der Waals surface area contributed by atoms with Crippen LogP contribution in [-0.4, -0.2) is 10.1 Å². The quantitative estimate of drug-likeness (QED) is 0.324.